The van der Waals surface area contributed by atoms with Crippen molar-refractivity contribution >= 4 is 31.9 Å². The van der Waals surface area contributed by atoms with Gasteiger partial charge in [0.1, 0.15) is 0 Å². The standard InChI is InChI=1S/C7H2Br2F4O2/c8-2-1-3(9)5(14)6(4(2)10)15-7(11,12)13/h1,14H. The lowest BCUT2D eigenvalue weighted by Crippen LogP contribution is -2.18. The average Bonchev–Trinajstić information content (AvgIpc) is 2.08. The zero-order valence-electron chi connectivity index (χ0n) is 6.70. The average molecular weight is 354 g/mol. The quantitative estimate of drug-likeness (QED) is 0.611. The van der Waals surface area contributed by atoms with Gasteiger partial charge in [-0.2, -0.15) is 0 Å². The van der Waals surface area contributed by atoms with Crippen LogP contribution in [0.4, 0.5) is 17.6 Å². The molecule has 1 aromatic rings. The molecule has 84 valence electrons. The number of phenolic OH excluding ortho intramolecular Hbond substituents is 1. The molecule has 0 unspecified atom stereocenters. The third-order valence-electron chi connectivity index (χ3n) is 1.32. The highest BCUT2D eigenvalue weighted by molar-refractivity contribution is 9.11. The van der Waals surface area contributed by atoms with Crippen molar-refractivity contribution in [3.8, 4) is 11.5 Å². The van der Waals surface area contributed by atoms with Gasteiger partial charge in [0, 0.05) is 0 Å². The van der Waals surface area contributed by atoms with Crippen molar-refractivity contribution in [3.63, 3.8) is 0 Å². The molecule has 0 aliphatic heterocycles. The van der Waals surface area contributed by atoms with Crippen LogP contribution in [0.15, 0.2) is 15.0 Å². The molecule has 0 heterocycles. The summed E-state index contributed by atoms with van der Waals surface area (Å²) in [5.41, 5.74) is 0. The SMILES string of the molecule is Oc1c(Br)cc(Br)c(F)c1OC(F)(F)F. The van der Waals surface area contributed by atoms with E-state index < -0.39 is 23.7 Å². The molecule has 0 fully saturated rings. The summed E-state index contributed by atoms with van der Waals surface area (Å²) < 4.78 is 51.6. The predicted molar refractivity (Wildman–Crippen MR) is 50.1 cm³/mol. The molecule has 0 bridgehead atoms. The van der Waals surface area contributed by atoms with E-state index in [-0.39, 0.29) is 8.95 Å². The number of hydrogen-bond donors (Lipinski definition) is 1. The molecule has 0 saturated heterocycles. The summed E-state index contributed by atoms with van der Waals surface area (Å²) in [5, 5.41) is 9.13. The first-order valence-corrected chi connectivity index (χ1v) is 4.93. The minimum atomic E-state index is -5.07. The Labute approximate surface area is 98.1 Å². The van der Waals surface area contributed by atoms with E-state index in [0.717, 1.165) is 6.07 Å². The van der Waals surface area contributed by atoms with Crippen molar-refractivity contribution in [3.05, 3.63) is 20.8 Å². The van der Waals surface area contributed by atoms with Crippen molar-refractivity contribution in [2.75, 3.05) is 0 Å². The van der Waals surface area contributed by atoms with Gasteiger partial charge in [0.15, 0.2) is 11.6 Å². The molecule has 0 spiro atoms. The second kappa shape index (κ2) is 4.17. The molecular weight excluding hydrogens is 352 g/mol. The lowest BCUT2D eigenvalue weighted by molar-refractivity contribution is -0.276. The molecule has 0 amide bonds. The molecule has 0 atom stereocenters. The second-order valence-corrected chi connectivity index (χ2v) is 4.09. The molecule has 2 nitrogen and oxygen atoms in total. The molecular formula is C7H2Br2F4O2. The summed E-state index contributed by atoms with van der Waals surface area (Å²) in [6.45, 7) is 0. The van der Waals surface area contributed by atoms with Crippen LogP contribution in [0.2, 0.25) is 0 Å². The van der Waals surface area contributed by atoms with Gasteiger partial charge in [-0.1, -0.05) is 0 Å². The normalized spacial score (nSPS) is 11.6. The van der Waals surface area contributed by atoms with Crippen LogP contribution >= 0.6 is 31.9 Å². The molecule has 15 heavy (non-hydrogen) atoms. The maximum atomic E-state index is 13.1. The summed E-state index contributed by atoms with van der Waals surface area (Å²) in [5.74, 6) is -3.55. The molecule has 0 radical (unpaired) electrons. The summed E-state index contributed by atoms with van der Waals surface area (Å²) in [7, 11) is 0. The van der Waals surface area contributed by atoms with Crippen molar-refractivity contribution in [1.29, 1.82) is 0 Å². The van der Waals surface area contributed by atoms with Crippen LogP contribution in [0.25, 0.3) is 0 Å². The molecule has 0 aromatic heterocycles. The van der Waals surface area contributed by atoms with Crippen molar-refractivity contribution < 1.29 is 27.4 Å². The monoisotopic (exact) mass is 352 g/mol. The number of alkyl halides is 3. The summed E-state index contributed by atoms with van der Waals surface area (Å²) in [4.78, 5) is 0. The molecule has 1 rings (SSSR count). The fourth-order valence-electron chi connectivity index (χ4n) is 0.773. The van der Waals surface area contributed by atoms with Gasteiger partial charge in [0.05, 0.1) is 8.95 Å². The molecule has 0 aliphatic rings. The van der Waals surface area contributed by atoms with Gasteiger partial charge in [-0.15, -0.1) is 13.2 Å². The number of benzene rings is 1. The van der Waals surface area contributed by atoms with Crippen LogP contribution in [0.5, 0.6) is 11.5 Å². The Morgan fingerprint density at radius 2 is 1.73 bits per heavy atom. The van der Waals surface area contributed by atoms with E-state index in [4.69, 9.17) is 5.11 Å². The van der Waals surface area contributed by atoms with Crippen LogP contribution in [0.1, 0.15) is 0 Å². The van der Waals surface area contributed by atoms with Gasteiger partial charge in [-0.25, -0.2) is 4.39 Å². The summed E-state index contributed by atoms with van der Waals surface area (Å²) >= 11 is 5.42. The van der Waals surface area contributed by atoms with E-state index in [0.29, 0.717) is 0 Å². The third kappa shape index (κ3) is 2.97. The lowest BCUT2D eigenvalue weighted by Gasteiger charge is -2.12. The number of halogens is 6. The van der Waals surface area contributed by atoms with Gasteiger partial charge in [-0.3, -0.25) is 0 Å². The third-order valence-corrected chi connectivity index (χ3v) is 2.50. The Kier molecular flexibility index (Phi) is 3.49. The van der Waals surface area contributed by atoms with Crippen molar-refractivity contribution in [2.24, 2.45) is 0 Å². The van der Waals surface area contributed by atoms with Gasteiger partial charge < -0.3 is 9.84 Å². The van der Waals surface area contributed by atoms with Gasteiger partial charge in [0.25, 0.3) is 0 Å². The highest BCUT2D eigenvalue weighted by Crippen LogP contribution is 2.42. The molecule has 0 aliphatic carbocycles. The van der Waals surface area contributed by atoms with Crippen molar-refractivity contribution in [1.82, 2.24) is 0 Å². The van der Waals surface area contributed by atoms with Crippen LogP contribution in [0.3, 0.4) is 0 Å². The Morgan fingerprint density at radius 1 is 1.20 bits per heavy atom. The van der Waals surface area contributed by atoms with E-state index in [1.54, 1.807) is 0 Å². The van der Waals surface area contributed by atoms with Crippen LogP contribution in [-0.2, 0) is 0 Å². The Bertz CT molecular complexity index is 365. The topological polar surface area (TPSA) is 29.5 Å². The minimum Gasteiger partial charge on any atom is -0.503 e. The fourth-order valence-corrected chi connectivity index (χ4v) is 1.90. The number of rotatable bonds is 1. The largest absolute Gasteiger partial charge is 0.573 e. The highest BCUT2D eigenvalue weighted by atomic mass is 79.9. The Morgan fingerprint density at radius 3 is 2.20 bits per heavy atom. The zero-order valence-corrected chi connectivity index (χ0v) is 9.87. The summed E-state index contributed by atoms with van der Waals surface area (Å²) in [6, 6.07) is 1.06. The number of aromatic hydroxyl groups is 1. The Balaban J connectivity index is 3.27. The maximum absolute atomic E-state index is 13.1. The zero-order chi connectivity index (χ0) is 11.8. The molecule has 1 aromatic carbocycles. The molecule has 1 N–H and O–H groups in total. The Hall–Kier alpha value is -0.500. The van der Waals surface area contributed by atoms with E-state index in [2.05, 4.69) is 36.6 Å². The van der Waals surface area contributed by atoms with E-state index in [1.165, 1.54) is 0 Å². The van der Waals surface area contributed by atoms with E-state index in [9.17, 15) is 17.6 Å². The van der Waals surface area contributed by atoms with E-state index in [1.807, 2.05) is 0 Å². The number of hydrogen-bond acceptors (Lipinski definition) is 2. The fraction of sp³-hybridized carbons (Fsp3) is 0.143. The van der Waals surface area contributed by atoms with Crippen LogP contribution in [0, 0.1) is 5.82 Å². The summed E-state index contributed by atoms with van der Waals surface area (Å²) in [6.07, 6.45) is -5.07. The first-order valence-electron chi connectivity index (χ1n) is 3.34. The van der Waals surface area contributed by atoms with E-state index >= 15 is 0 Å². The lowest BCUT2D eigenvalue weighted by atomic mass is 10.3. The highest BCUT2D eigenvalue weighted by Gasteiger charge is 2.35. The van der Waals surface area contributed by atoms with Crippen molar-refractivity contribution in [2.45, 2.75) is 6.36 Å². The van der Waals surface area contributed by atoms with Gasteiger partial charge in [0.2, 0.25) is 5.75 Å². The number of phenols is 1. The predicted octanol–water partition coefficient (Wildman–Crippen LogP) is 3.95. The minimum absolute atomic E-state index is 0.116. The van der Waals surface area contributed by atoms with Crippen LogP contribution < -0.4 is 4.74 Å². The van der Waals surface area contributed by atoms with Gasteiger partial charge >= 0.3 is 6.36 Å². The van der Waals surface area contributed by atoms with Crippen LogP contribution in [-0.4, -0.2) is 11.5 Å². The molecule has 8 heteroatoms. The molecule has 0 saturated carbocycles. The van der Waals surface area contributed by atoms with Gasteiger partial charge in [-0.05, 0) is 37.9 Å². The maximum Gasteiger partial charge on any atom is 0.573 e. The first kappa shape index (κ1) is 12.6. The first-order chi connectivity index (χ1) is 6.72. The second-order valence-electron chi connectivity index (χ2n) is 2.38. The smallest absolute Gasteiger partial charge is 0.503 e. The number of ether oxygens (including phenoxy) is 1.